The van der Waals surface area contributed by atoms with Gasteiger partial charge in [-0.1, -0.05) is 23.7 Å². The molecule has 0 spiro atoms. The summed E-state index contributed by atoms with van der Waals surface area (Å²) in [6, 6.07) is 7.22. The first-order chi connectivity index (χ1) is 8.08. The highest BCUT2D eigenvalue weighted by atomic mass is 35.5. The van der Waals surface area contributed by atoms with Crippen molar-refractivity contribution in [3.05, 3.63) is 34.9 Å². The summed E-state index contributed by atoms with van der Waals surface area (Å²) in [6.07, 6.45) is -0.614. The van der Waals surface area contributed by atoms with E-state index in [0.717, 1.165) is 5.56 Å². The van der Waals surface area contributed by atoms with E-state index < -0.39 is 6.10 Å². The number of methoxy groups -OCH3 is 1. The Morgan fingerprint density at radius 3 is 2.72 bits per heavy atom. The van der Waals surface area contributed by atoms with E-state index in [1.165, 1.54) is 7.11 Å². The molecule has 0 fully saturated rings. The normalized spacial score (nSPS) is 13.3. The summed E-state index contributed by atoms with van der Waals surface area (Å²) in [4.78, 5) is 11.7. The van der Waals surface area contributed by atoms with E-state index in [2.05, 4.69) is 5.32 Å². The maximum Gasteiger partial charge on any atom is 0.250 e. The third-order valence-corrected chi connectivity index (χ3v) is 2.73. The average Bonchev–Trinajstić information content (AvgIpc) is 2.30. The van der Waals surface area contributed by atoms with E-state index >= 15 is 0 Å². The molecule has 1 aromatic rings. The molecule has 4 nitrogen and oxygen atoms in total. The summed E-state index contributed by atoms with van der Waals surface area (Å²) in [6.45, 7) is 2.04. The highest BCUT2D eigenvalue weighted by molar-refractivity contribution is 6.30. The Balaban J connectivity index is 0.00000289. The van der Waals surface area contributed by atoms with Gasteiger partial charge in [-0.15, -0.1) is 12.4 Å². The summed E-state index contributed by atoms with van der Waals surface area (Å²) in [5.74, 6) is -0.220. The quantitative estimate of drug-likeness (QED) is 0.871. The molecule has 2 unspecified atom stereocenters. The van der Waals surface area contributed by atoms with Gasteiger partial charge < -0.3 is 15.8 Å². The molecular weight excluding hydrogens is 275 g/mol. The Kier molecular flexibility index (Phi) is 7.95. The van der Waals surface area contributed by atoms with Crippen LogP contribution in [-0.4, -0.2) is 25.7 Å². The number of halogens is 2. The third-order valence-electron chi connectivity index (χ3n) is 2.50. The molecule has 0 radical (unpaired) electrons. The average molecular weight is 293 g/mol. The molecule has 0 aliphatic rings. The van der Waals surface area contributed by atoms with Gasteiger partial charge in [0.25, 0.3) is 5.91 Å². The number of nitrogens with two attached hydrogens (primary N) is 1. The molecule has 6 heteroatoms. The second-order valence-electron chi connectivity index (χ2n) is 3.75. The summed E-state index contributed by atoms with van der Waals surface area (Å²) in [5.41, 5.74) is 6.36. The summed E-state index contributed by atoms with van der Waals surface area (Å²) in [5, 5.41) is 3.47. The number of benzene rings is 1. The van der Waals surface area contributed by atoms with Crippen molar-refractivity contribution in [2.45, 2.75) is 19.1 Å². The van der Waals surface area contributed by atoms with Gasteiger partial charge in [-0.2, -0.15) is 0 Å². The Morgan fingerprint density at radius 1 is 1.56 bits per heavy atom. The lowest BCUT2D eigenvalue weighted by Crippen LogP contribution is -2.41. The third kappa shape index (κ3) is 4.82. The molecule has 102 valence electrons. The van der Waals surface area contributed by atoms with Crippen LogP contribution in [0.25, 0.3) is 0 Å². The Bertz CT molecular complexity index is 384. The van der Waals surface area contributed by atoms with Crippen molar-refractivity contribution >= 4 is 29.9 Å². The van der Waals surface area contributed by atoms with Crippen LogP contribution in [-0.2, 0) is 9.53 Å². The maximum absolute atomic E-state index is 11.7. The lowest BCUT2D eigenvalue weighted by Gasteiger charge is -2.18. The van der Waals surface area contributed by atoms with Crippen LogP contribution in [0.5, 0.6) is 0 Å². The Hall–Kier alpha value is -0.810. The zero-order chi connectivity index (χ0) is 12.8. The molecule has 3 N–H and O–H groups in total. The predicted octanol–water partition coefficient (Wildman–Crippen LogP) is 1.91. The van der Waals surface area contributed by atoms with Crippen molar-refractivity contribution in [1.29, 1.82) is 0 Å². The van der Waals surface area contributed by atoms with Crippen molar-refractivity contribution in [3.8, 4) is 0 Å². The van der Waals surface area contributed by atoms with Crippen LogP contribution in [0.1, 0.15) is 18.5 Å². The SMILES string of the molecule is COC(CN)C(=O)NC(C)c1cccc(Cl)c1.Cl. The van der Waals surface area contributed by atoms with Crippen molar-refractivity contribution in [1.82, 2.24) is 5.32 Å². The predicted molar refractivity (Wildman–Crippen MR) is 75.1 cm³/mol. The fourth-order valence-corrected chi connectivity index (χ4v) is 1.67. The summed E-state index contributed by atoms with van der Waals surface area (Å²) in [7, 11) is 1.46. The maximum atomic E-state index is 11.7. The lowest BCUT2D eigenvalue weighted by molar-refractivity contribution is -0.131. The van der Waals surface area contributed by atoms with Crippen LogP contribution in [0.3, 0.4) is 0 Å². The van der Waals surface area contributed by atoms with Gasteiger partial charge in [0.15, 0.2) is 0 Å². The second kappa shape index (κ2) is 8.32. The first kappa shape index (κ1) is 17.2. The largest absolute Gasteiger partial charge is 0.370 e. The molecule has 0 aliphatic heterocycles. The van der Waals surface area contributed by atoms with Gasteiger partial charge in [-0.05, 0) is 24.6 Å². The highest BCUT2D eigenvalue weighted by Gasteiger charge is 2.18. The molecule has 0 saturated carbocycles. The van der Waals surface area contributed by atoms with Gasteiger partial charge in [0, 0.05) is 18.7 Å². The second-order valence-corrected chi connectivity index (χ2v) is 4.18. The Labute approximate surface area is 118 Å². The molecule has 18 heavy (non-hydrogen) atoms. The number of ether oxygens (including phenoxy) is 1. The number of hydrogen-bond acceptors (Lipinski definition) is 3. The van der Waals surface area contributed by atoms with Crippen molar-refractivity contribution in [3.63, 3.8) is 0 Å². The zero-order valence-corrected chi connectivity index (χ0v) is 11.9. The standard InChI is InChI=1S/C12H17ClN2O2.ClH/c1-8(9-4-3-5-10(13)6-9)15-12(16)11(7-14)17-2;/h3-6,8,11H,7,14H2,1-2H3,(H,15,16);1H. The molecule has 0 heterocycles. The first-order valence-corrected chi connectivity index (χ1v) is 5.75. The molecule has 1 amide bonds. The topological polar surface area (TPSA) is 64.3 Å². The van der Waals surface area contributed by atoms with E-state index in [1.807, 2.05) is 25.1 Å². The van der Waals surface area contributed by atoms with E-state index in [4.69, 9.17) is 22.1 Å². The molecule has 1 aromatic carbocycles. The van der Waals surface area contributed by atoms with E-state index in [9.17, 15) is 4.79 Å². The minimum absolute atomic E-state index is 0. The molecule has 0 aromatic heterocycles. The molecular formula is C12H18Cl2N2O2. The molecule has 0 bridgehead atoms. The van der Waals surface area contributed by atoms with Crippen LogP contribution in [0.15, 0.2) is 24.3 Å². The van der Waals surface area contributed by atoms with Gasteiger partial charge in [0.05, 0.1) is 6.04 Å². The van der Waals surface area contributed by atoms with Crippen LogP contribution in [0.4, 0.5) is 0 Å². The van der Waals surface area contributed by atoms with Gasteiger partial charge in [-0.3, -0.25) is 4.79 Å². The zero-order valence-electron chi connectivity index (χ0n) is 10.4. The number of carbonyl (C=O) groups excluding carboxylic acids is 1. The van der Waals surface area contributed by atoms with Crippen molar-refractivity contribution < 1.29 is 9.53 Å². The fourth-order valence-electron chi connectivity index (χ4n) is 1.48. The van der Waals surface area contributed by atoms with Crippen LogP contribution in [0, 0.1) is 0 Å². The van der Waals surface area contributed by atoms with Gasteiger partial charge in [0.2, 0.25) is 0 Å². The fraction of sp³-hybridized carbons (Fsp3) is 0.417. The van der Waals surface area contributed by atoms with Crippen LogP contribution >= 0.6 is 24.0 Å². The summed E-state index contributed by atoms with van der Waals surface area (Å²) >= 11 is 5.89. The van der Waals surface area contributed by atoms with Crippen molar-refractivity contribution in [2.24, 2.45) is 5.73 Å². The van der Waals surface area contributed by atoms with E-state index in [0.29, 0.717) is 5.02 Å². The first-order valence-electron chi connectivity index (χ1n) is 5.37. The van der Waals surface area contributed by atoms with Gasteiger partial charge >= 0.3 is 0 Å². The Morgan fingerprint density at radius 2 is 2.22 bits per heavy atom. The summed E-state index contributed by atoms with van der Waals surface area (Å²) < 4.78 is 4.96. The number of amides is 1. The number of nitrogens with one attached hydrogen (secondary N) is 1. The molecule has 1 rings (SSSR count). The van der Waals surface area contributed by atoms with E-state index in [-0.39, 0.29) is 30.9 Å². The number of rotatable bonds is 5. The van der Waals surface area contributed by atoms with E-state index in [1.54, 1.807) is 6.07 Å². The minimum Gasteiger partial charge on any atom is -0.370 e. The van der Waals surface area contributed by atoms with Crippen LogP contribution in [0.2, 0.25) is 5.02 Å². The molecule has 2 atom stereocenters. The monoisotopic (exact) mass is 292 g/mol. The van der Waals surface area contributed by atoms with Crippen LogP contribution < -0.4 is 11.1 Å². The van der Waals surface area contributed by atoms with Gasteiger partial charge in [-0.25, -0.2) is 0 Å². The number of carbonyl (C=O) groups is 1. The lowest BCUT2D eigenvalue weighted by atomic mass is 10.1. The highest BCUT2D eigenvalue weighted by Crippen LogP contribution is 2.17. The molecule has 0 aliphatic carbocycles. The van der Waals surface area contributed by atoms with Crippen molar-refractivity contribution in [2.75, 3.05) is 13.7 Å². The number of hydrogen-bond donors (Lipinski definition) is 2. The van der Waals surface area contributed by atoms with Gasteiger partial charge in [0.1, 0.15) is 6.10 Å². The smallest absolute Gasteiger partial charge is 0.250 e. The minimum atomic E-state index is -0.614. The molecule has 0 saturated heterocycles.